The fraction of sp³-hybridized carbons (Fsp3) is 0.250. The fourth-order valence-corrected chi connectivity index (χ4v) is 3.77. The van der Waals surface area contributed by atoms with Crippen molar-refractivity contribution >= 4 is 0 Å². The summed E-state index contributed by atoms with van der Waals surface area (Å²) in [6.07, 6.45) is 1.33. The Kier molecular flexibility index (Phi) is 5.69. The van der Waals surface area contributed by atoms with Gasteiger partial charge in [0.1, 0.15) is 5.82 Å². The molecule has 3 aromatic rings. The molecule has 0 saturated carbocycles. The van der Waals surface area contributed by atoms with Crippen molar-refractivity contribution in [2.24, 2.45) is 0 Å². The van der Waals surface area contributed by atoms with Gasteiger partial charge in [-0.15, -0.1) is 0 Å². The summed E-state index contributed by atoms with van der Waals surface area (Å²) in [7, 11) is 1.61. The third-order valence-electron chi connectivity index (χ3n) is 5.42. The zero-order chi connectivity index (χ0) is 20.4. The second-order valence-electron chi connectivity index (χ2n) is 7.19. The van der Waals surface area contributed by atoms with Gasteiger partial charge in [-0.05, 0) is 47.2 Å². The topological polar surface area (TPSA) is 18.5 Å². The second kappa shape index (κ2) is 8.39. The zero-order valence-electron chi connectivity index (χ0n) is 16.0. The Morgan fingerprint density at radius 2 is 1.55 bits per heavy atom. The van der Waals surface area contributed by atoms with Crippen molar-refractivity contribution in [2.75, 3.05) is 13.7 Å². The second-order valence-corrected chi connectivity index (χ2v) is 7.19. The van der Waals surface area contributed by atoms with Gasteiger partial charge in [0.25, 0.3) is 0 Å². The van der Waals surface area contributed by atoms with Crippen LogP contribution < -0.4 is 0 Å². The molecule has 0 spiro atoms. The minimum absolute atomic E-state index is 0.00813. The molecular weight excluding hydrogens is 377 g/mol. The first-order valence-corrected chi connectivity index (χ1v) is 9.55. The van der Waals surface area contributed by atoms with Crippen molar-refractivity contribution in [2.45, 2.75) is 25.0 Å². The molecule has 2 atom stereocenters. The van der Waals surface area contributed by atoms with Gasteiger partial charge in [-0.2, -0.15) is 0 Å². The summed E-state index contributed by atoms with van der Waals surface area (Å²) in [6.45, 7) is 0.433. The largest absolute Gasteiger partial charge is 0.356 e. The lowest BCUT2D eigenvalue weighted by molar-refractivity contribution is -0.151. The monoisotopic (exact) mass is 398 g/mol. The van der Waals surface area contributed by atoms with Crippen molar-refractivity contribution in [3.05, 3.63) is 83.7 Å². The maximum absolute atomic E-state index is 14.8. The summed E-state index contributed by atoms with van der Waals surface area (Å²) < 4.78 is 53.0. The molecule has 1 saturated heterocycles. The highest BCUT2D eigenvalue weighted by Gasteiger charge is 2.24. The number of halogens is 3. The van der Waals surface area contributed by atoms with Crippen LogP contribution in [0.25, 0.3) is 22.3 Å². The molecule has 150 valence electrons. The maximum atomic E-state index is 14.8. The van der Waals surface area contributed by atoms with E-state index in [1.807, 2.05) is 6.07 Å². The van der Waals surface area contributed by atoms with Crippen LogP contribution in [0.1, 0.15) is 24.3 Å². The SMILES string of the molecule is COC1CCC(c2ccc(-c3ccc(-c4cccc(F)c4F)cc3)cc2F)CO1. The summed E-state index contributed by atoms with van der Waals surface area (Å²) >= 11 is 0. The summed E-state index contributed by atoms with van der Waals surface area (Å²) in [5.41, 5.74) is 2.93. The molecule has 0 aromatic heterocycles. The Morgan fingerprint density at radius 3 is 2.21 bits per heavy atom. The van der Waals surface area contributed by atoms with Crippen LogP contribution in [-0.2, 0) is 9.47 Å². The van der Waals surface area contributed by atoms with Gasteiger partial charge in [-0.25, -0.2) is 13.2 Å². The van der Waals surface area contributed by atoms with E-state index in [0.717, 1.165) is 30.0 Å². The van der Waals surface area contributed by atoms with E-state index in [0.29, 0.717) is 17.7 Å². The molecule has 0 bridgehead atoms. The maximum Gasteiger partial charge on any atom is 0.166 e. The molecule has 5 heteroatoms. The van der Waals surface area contributed by atoms with Crippen LogP contribution in [0.15, 0.2) is 60.7 Å². The Balaban J connectivity index is 1.55. The van der Waals surface area contributed by atoms with E-state index >= 15 is 0 Å². The molecule has 2 nitrogen and oxygen atoms in total. The van der Waals surface area contributed by atoms with Crippen LogP contribution in [0.5, 0.6) is 0 Å². The highest BCUT2D eigenvalue weighted by Crippen LogP contribution is 2.33. The Bertz CT molecular complexity index is 994. The van der Waals surface area contributed by atoms with Gasteiger partial charge in [0.05, 0.1) is 6.61 Å². The molecule has 1 fully saturated rings. The van der Waals surface area contributed by atoms with Crippen molar-refractivity contribution in [1.29, 1.82) is 0 Å². The van der Waals surface area contributed by atoms with E-state index in [2.05, 4.69) is 0 Å². The lowest BCUT2D eigenvalue weighted by Gasteiger charge is -2.28. The number of hydrogen-bond acceptors (Lipinski definition) is 2. The number of hydrogen-bond donors (Lipinski definition) is 0. The molecule has 1 aliphatic rings. The van der Waals surface area contributed by atoms with E-state index in [9.17, 15) is 13.2 Å². The third kappa shape index (κ3) is 4.07. The minimum Gasteiger partial charge on any atom is -0.356 e. The summed E-state index contributed by atoms with van der Waals surface area (Å²) in [6, 6.07) is 16.2. The Morgan fingerprint density at radius 1 is 0.828 bits per heavy atom. The van der Waals surface area contributed by atoms with Crippen LogP contribution in [0.3, 0.4) is 0 Å². The van der Waals surface area contributed by atoms with Gasteiger partial charge in [0.2, 0.25) is 0 Å². The summed E-state index contributed by atoms with van der Waals surface area (Å²) in [5.74, 6) is -2.02. The lowest BCUT2D eigenvalue weighted by Crippen LogP contribution is -2.26. The van der Waals surface area contributed by atoms with Gasteiger partial charge in [-0.3, -0.25) is 0 Å². The molecule has 0 aliphatic carbocycles. The molecular formula is C24H21F3O2. The first kappa shape index (κ1) is 19.7. The van der Waals surface area contributed by atoms with E-state index in [1.54, 1.807) is 37.4 Å². The number of rotatable bonds is 4. The van der Waals surface area contributed by atoms with Crippen LogP contribution in [0.2, 0.25) is 0 Å². The highest BCUT2D eigenvalue weighted by molar-refractivity contribution is 5.71. The molecule has 1 heterocycles. The zero-order valence-corrected chi connectivity index (χ0v) is 16.0. The number of methoxy groups -OCH3 is 1. The average Bonchev–Trinajstić information content (AvgIpc) is 2.76. The summed E-state index contributed by atoms with van der Waals surface area (Å²) in [4.78, 5) is 0. The smallest absolute Gasteiger partial charge is 0.166 e. The molecule has 0 amide bonds. The van der Waals surface area contributed by atoms with Crippen LogP contribution in [0.4, 0.5) is 13.2 Å². The quantitative estimate of drug-likeness (QED) is 0.513. The highest BCUT2D eigenvalue weighted by atomic mass is 19.2. The lowest BCUT2D eigenvalue weighted by atomic mass is 9.91. The van der Waals surface area contributed by atoms with Gasteiger partial charge < -0.3 is 9.47 Å². The van der Waals surface area contributed by atoms with Gasteiger partial charge in [-0.1, -0.05) is 48.5 Å². The summed E-state index contributed by atoms with van der Waals surface area (Å²) in [5, 5.41) is 0. The normalized spacial score (nSPS) is 19.3. The van der Waals surface area contributed by atoms with Crippen LogP contribution in [-0.4, -0.2) is 20.0 Å². The van der Waals surface area contributed by atoms with Crippen LogP contribution in [0, 0.1) is 17.5 Å². The first-order valence-electron chi connectivity index (χ1n) is 9.55. The van der Waals surface area contributed by atoms with Crippen molar-refractivity contribution in [3.63, 3.8) is 0 Å². The molecule has 2 unspecified atom stereocenters. The van der Waals surface area contributed by atoms with E-state index in [-0.39, 0.29) is 23.6 Å². The fourth-order valence-electron chi connectivity index (χ4n) is 3.77. The van der Waals surface area contributed by atoms with Crippen molar-refractivity contribution in [3.8, 4) is 22.3 Å². The molecule has 3 aromatic carbocycles. The molecule has 0 radical (unpaired) electrons. The number of ether oxygens (including phenoxy) is 2. The van der Waals surface area contributed by atoms with Gasteiger partial charge in [0, 0.05) is 18.6 Å². The van der Waals surface area contributed by atoms with E-state index in [4.69, 9.17) is 9.47 Å². The third-order valence-corrected chi connectivity index (χ3v) is 5.42. The van der Waals surface area contributed by atoms with Crippen molar-refractivity contribution < 1.29 is 22.6 Å². The molecule has 0 N–H and O–H groups in total. The molecule has 1 aliphatic heterocycles. The Labute approximate surface area is 167 Å². The predicted molar refractivity (Wildman–Crippen MR) is 106 cm³/mol. The predicted octanol–water partition coefficient (Wildman–Crippen LogP) is 6.30. The number of benzene rings is 3. The van der Waals surface area contributed by atoms with E-state index in [1.165, 1.54) is 18.2 Å². The van der Waals surface area contributed by atoms with Gasteiger partial charge in [0.15, 0.2) is 17.9 Å². The molecule has 29 heavy (non-hydrogen) atoms. The minimum atomic E-state index is -0.882. The van der Waals surface area contributed by atoms with Crippen LogP contribution >= 0.6 is 0 Å². The van der Waals surface area contributed by atoms with Gasteiger partial charge >= 0.3 is 0 Å². The average molecular weight is 398 g/mol. The van der Waals surface area contributed by atoms with E-state index < -0.39 is 11.6 Å². The van der Waals surface area contributed by atoms with Crippen molar-refractivity contribution in [1.82, 2.24) is 0 Å². The Hall–Kier alpha value is -2.63. The first-order chi connectivity index (χ1) is 14.1. The molecule has 4 rings (SSSR count). The standard InChI is InChI=1S/C24H21F3O2/c1-28-23-12-10-18(14-29-23)19-11-9-17(13-22(19)26)15-5-7-16(8-6-15)20-3-2-4-21(25)24(20)27/h2-9,11,13,18,23H,10,12,14H2,1H3.